The minimum Gasteiger partial charge on any atom is -0.462 e. The number of aliphatic hydroxyl groups is 1. The maximum absolute atomic E-state index is 13.6. The molecule has 0 aliphatic rings. The van der Waals surface area contributed by atoms with Crippen LogP contribution >= 0.6 is 31.9 Å². The Hall–Kier alpha value is -1.25. The molecule has 0 bridgehead atoms. The number of aliphatic hydroxyl groups excluding tert-OH is 1. The van der Waals surface area contributed by atoms with E-state index in [4.69, 9.17) is 4.74 Å². The summed E-state index contributed by atoms with van der Waals surface area (Å²) in [5.74, 6) is -1.31. The molecule has 0 saturated heterocycles. The highest BCUT2D eigenvalue weighted by molar-refractivity contribution is 9.09. The first-order valence-electron chi connectivity index (χ1n) is 7.64. The van der Waals surface area contributed by atoms with Gasteiger partial charge in [0.2, 0.25) is 5.43 Å². The van der Waals surface area contributed by atoms with Crippen LogP contribution in [0.3, 0.4) is 0 Å². The summed E-state index contributed by atoms with van der Waals surface area (Å²) in [5.41, 5.74) is -0.797. The second-order valence-electron chi connectivity index (χ2n) is 5.81. The van der Waals surface area contributed by atoms with Crippen LogP contribution in [0.5, 0.6) is 0 Å². The molecule has 2 rings (SSSR count). The molecule has 0 aliphatic heterocycles. The fourth-order valence-corrected chi connectivity index (χ4v) is 4.11. The van der Waals surface area contributed by atoms with Crippen LogP contribution in [0.25, 0.3) is 10.9 Å². The minimum atomic E-state index is -0.750. The molecule has 5 nitrogen and oxygen atoms in total. The molecule has 25 heavy (non-hydrogen) atoms. The number of ether oxygens (including phenoxy) is 1. The van der Waals surface area contributed by atoms with Gasteiger partial charge in [-0.25, -0.2) is 9.18 Å². The molecule has 1 heterocycles. The Labute approximate surface area is 161 Å². The smallest absolute Gasteiger partial charge is 0.343 e. The number of rotatable bonds is 7. The molecule has 8 heteroatoms. The van der Waals surface area contributed by atoms with Gasteiger partial charge in [-0.2, -0.15) is 0 Å². The van der Waals surface area contributed by atoms with Crippen molar-refractivity contribution in [2.24, 2.45) is 5.41 Å². The van der Waals surface area contributed by atoms with Crippen molar-refractivity contribution in [1.82, 2.24) is 4.57 Å². The van der Waals surface area contributed by atoms with Crippen LogP contribution in [0.15, 0.2) is 29.2 Å². The van der Waals surface area contributed by atoms with E-state index in [1.807, 2.05) is 0 Å². The van der Waals surface area contributed by atoms with Crippen molar-refractivity contribution in [3.05, 3.63) is 46.0 Å². The van der Waals surface area contributed by atoms with Crippen molar-refractivity contribution >= 4 is 48.7 Å². The van der Waals surface area contributed by atoms with Gasteiger partial charge in [-0.05, 0) is 25.1 Å². The van der Waals surface area contributed by atoms with Gasteiger partial charge in [-0.3, -0.25) is 4.79 Å². The third kappa shape index (κ3) is 4.12. The zero-order valence-corrected chi connectivity index (χ0v) is 16.8. The fraction of sp³-hybridized carbons (Fsp3) is 0.412. The van der Waals surface area contributed by atoms with Gasteiger partial charge >= 0.3 is 5.97 Å². The first-order chi connectivity index (χ1) is 11.9. The van der Waals surface area contributed by atoms with Gasteiger partial charge in [0.05, 0.1) is 18.7 Å². The number of alkyl halides is 2. The molecule has 136 valence electrons. The van der Waals surface area contributed by atoms with Gasteiger partial charge in [0.1, 0.15) is 11.4 Å². The molecule has 0 radical (unpaired) electrons. The summed E-state index contributed by atoms with van der Waals surface area (Å²) >= 11 is 6.79. The summed E-state index contributed by atoms with van der Waals surface area (Å²) in [5, 5.41) is 10.9. The number of nitrogens with zero attached hydrogens (tertiary/aromatic N) is 1. The monoisotopic (exact) mass is 477 g/mol. The third-order valence-corrected chi connectivity index (χ3v) is 6.32. The molecule has 1 aromatic carbocycles. The predicted molar refractivity (Wildman–Crippen MR) is 101 cm³/mol. The number of fused-ring (bicyclic) bond motifs is 1. The van der Waals surface area contributed by atoms with E-state index in [0.29, 0.717) is 22.7 Å². The highest BCUT2D eigenvalue weighted by Gasteiger charge is 2.29. The third-order valence-electron chi connectivity index (χ3n) is 3.95. The van der Waals surface area contributed by atoms with Gasteiger partial charge in [-0.15, -0.1) is 0 Å². The Balaban J connectivity index is 2.71. The zero-order valence-electron chi connectivity index (χ0n) is 13.6. The molecule has 0 atom stereocenters. The molecular formula is C17H18Br2FNO4. The number of pyridine rings is 1. The summed E-state index contributed by atoms with van der Waals surface area (Å²) in [6, 6.07) is 3.86. The zero-order chi connectivity index (χ0) is 18.6. The summed E-state index contributed by atoms with van der Waals surface area (Å²) in [6.45, 7) is 1.97. The molecule has 0 saturated carbocycles. The van der Waals surface area contributed by atoms with Crippen LogP contribution in [0.2, 0.25) is 0 Å². The lowest BCUT2D eigenvalue weighted by Gasteiger charge is -2.29. The van der Waals surface area contributed by atoms with E-state index in [1.54, 1.807) is 11.5 Å². The van der Waals surface area contributed by atoms with Crippen molar-refractivity contribution in [3.8, 4) is 0 Å². The quantitative estimate of drug-likeness (QED) is 0.490. The summed E-state index contributed by atoms with van der Waals surface area (Å²) in [6.07, 6.45) is 1.41. The number of aromatic nitrogens is 1. The second kappa shape index (κ2) is 8.42. The lowest BCUT2D eigenvalue weighted by Crippen LogP contribution is -2.35. The average Bonchev–Trinajstić information content (AvgIpc) is 2.62. The molecule has 0 spiro atoms. The van der Waals surface area contributed by atoms with Gasteiger partial charge < -0.3 is 14.4 Å². The Morgan fingerprint density at radius 1 is 1.36 bits per heavy atom. The van der Waals surface area contributed by atoms with Crippen molar-refractivity contribution < 1.29 is 19.0 Å². The first kappa shape index (κ1) is 20.1. The van der Waals surface area contributed by atoms with E-state index in [0.717, 1.165) is 6.07 Å². The Kier molecular flexibility index (Phi) is 6.76. The van der Waals surface area contributed by atoms with Crippen LogP contribution in [-0.2, 0) is 11.3 Å². The molecule has 0 aliphatic carbocycles. The molecule has 0 unspecified atom stereocenters. The van der Waals surface area contributed by atoms with E-state index < -0.39 is 22.6 Å². The predicted octanol–water partition coefficient (Wildman–Crippen LogP) is 3.09. The lowest BCUT2D eigenvalue weighted by molar-refractivity contribution is 0.0523. The van der Waals surface area contributed by atoms with Gasteiger partial charge in [0.25, 0.3) is 0 Å². The number of carbonyl (C=O) groups is 1. The molecular weight excluding hydrogens is 461 g/mol. The summed E-state index contributed by atoms with van der Waals surface area (Å²) in [4.78, 5) is 24.7. The molecule has 1 N–H and O–H groups in total. The molecule has 0 fully saturated rings. The highest BCUT2D eigenvalue weighted by atomic mass is 79.9. The van der Waals surface area contributed by atoms with E-state index in [1.165, 1.54) is 18.3 Å². The van der Waals surface area contributed by atoms with E-state index in [-0.39, 0.29) is 24.2 Å². The van der Waals surface area contributed by atoms with Crippen molar-refractivity contribution in [1.29, 1.82) is 0 Å². The maximum atomic E-state index is 13.6. The van der Waals surface area contributed by atoms with Crippen LogP contribution < -0.4 is 5.43 Å². The molecule has 0 amide bonds. The van der Waals surface area contributed by atoms with Crippen LogP contribution in [0.1, 0.15) is 17.3 Å². The van der Waals surface area contributed by atoms with E-state index in [9.17, 15) is 19.1 Å². The van der Waals surface area contributed by atoms with E-state index in [2.05, 4.69) is 31.9 Å². The lowest BCUT2D eigenvalue weighted by atomic mass is 9.94. The average molecular weight is 479 g/mol. The van der Waals surface area contributed by atoms with E-state index >= 15 is 0 Å². The summed E-state index contributed by atoms with van der Waals surface area (Å²) < 4.78 is 20.3. The van der Waals surface area contributed by atoms with Crippen molar-refractivity contribution in [3.63, 3.8) is 0 Å². The largest absolute Gasteiger partial charge is 0.462 e. The normalized spacial score (nSPS) is 11.7. The Bertz CT molecular complexity index is 825. The SMILES string of the molecule is CCOC(=O)c1cn(CC(CO)(CBr)CBr)c2ccc(F)cc2c1=O. The van der Waals surface area contributed by atoms with Crippen molar-refractivity contribution in [2.75, 3.05) is 23.9 Å². The van der Waals surface area contributed by atoms with Crippen molar-refractivity contribution in [2.45, 2.75) is 13.5 Å². The summed E-state index contributed by atoms with van der Waals surface area (Å²) in [7, 11) is 0. The molecule has 2 aromatic rings. The first-order valence-corrected chi connectivity index (χ1v) is 9.88. The maximum Gasteiger partial charge on any atom is 0.343 e. The number of carbonyl (C=O) groups excluding carboxylic acids is 1. The second-order valence-corrected chi connectivity index (χ2v) is 6.93. The Morgan fingerprint density at radius 2 is 2.04 bits per heavy atom. The van der Waals surface area contributed by atoms with Gasteiger partial charge in [0.15, 0.2) is 0 Å². The van der Waals surface area contributed by atoms with Crippen LogP contribution in [0, 0.1) is 11.2 Å². The topological polar surface area (TPSA) is 68.5 Å². The number of benzene rings is 1. The highest BCUT2D eigenvalue weighted by Crippen LogP contribution is 2.27. The Morgan fingerprint density at radius 3 is 2.60 bits per heavy atom. The minimum absolute atomic E-state index is 0.0986. The fourth-order valence-electron chi connectivity index (χ4n) is 2.47. The number of halogens is 3. The van der Waals surface area contributed by atoms with Gasteiger partial charge in [-0.1, -0.05) is 31.9 Å². The van der Waals surface area contributed by atoms with Gasteiger partial charge in [0, 0.05) is 34.2 Å². The standard InChI is InChI=1S/C17H18Br2FNO4/c1-2-25-16(24)13-6-21(9-17(7-18,8-19)10-22)14-4-3-11(20)5-12(14)15(13)23/h3-6,22H,2,7-10H2,1H3. The number of hydrogen-bond acceptors (Lipinski definition) is 4. The van der Waals surface area contributed by atoms with Crippen LogP contribution in [-0.4, -0.2) is 39.5 Å². The number of hydrogen-bond donors (Lipinski definition) is 1. The number of esters is 1. The molecule has 1 aromatic heterocycles. The van der Waals surface area contributed by atoms with Crippen LogP contribution in [0.4, 0.5) is 4.39 Å².